The standard InChI is InChI=1S/C31H52O3/c1-20(2)31(19-32)14-9-21(17-34-31)22-10-12-28(6)24-8-7-23-26(3,4)25(33)11-13-29(23)18-30(24,29)16-15-27(22,28)5/h20-25,32-33H,7-19H2,1-6H3/t21?,22-,23?,24?,25+,27-,28?,29-,30+,31?/m1/s1. The van der Waals surface area contributed by atoms with Gasteiger partial charge in [0.05, 0.1) is 24.9 Å². The van der Waals surface area contributed by atoms with Crippen LogP contribution in [0.15, 0.2) is 0 Å². The summed E-state index contributed by atoms with van der Waals surface area (Å²) in [7, 11) is 0. The van der Waals surface area contributed by atoms with E-state index in [1.807, 2.05) is 0 Å². The summed E-state index contributed by atoms with van der Waals surface area (Å²) >= 11 is 0. The van der Waals surface area contributed by atoms with E-state index >= 15 is 0 Å². The maximum absolute atomic E-state index is 10.9. The van der Waals surface area contributed by atoms with E-state index in [4.69, 9.17) is 4.74 Å². The highest BCUT2D eigenvalue weighted by Gasteiger charge is 2.82. The van der Waals surface area contributed by atoms with Gasteiger partial charge in [0.15, 0.2) is 0 Å². The van der Waals surface area contributed by atoms with Crippen LogP contribution in [-0.2, 0) is 4.74 Å². The molecular formula is C31H52O3. The van der Waals surface area contributed by atoms with Crippen LogP contribution in [0.2, 0.25) is 0 Å². The number of hydrogen-bond donors (Lipinski definition) is 2. The third-order valence-electron chi connectivity index (χ3n) is 14.6. The first-order valence-corrected chi connectivity index (χ1v) is 14.9. The van der Waals surface area contributed by atoms with Gasteiger partial charge in [-0.05, 0) is 127 Å². The normalized spacial score (nSPS) is 58.0. The minimum Gasteiger partial charge on any atom is -0.393 e. The molecule has 6 fully saturated rings. The van der Waals surface area contributed by atoms with Crippen molar-refractivity contribution in [1.82, 2.24) is 0 Å². The van der Waals surface area contributed by atoms with E-state index in [0.29, 0.717) is 33.5 Å². The third kappa shape index (κ3) is 2.66. The molecule has 0 bridgehead atoms. The van der Waals surface area contributed by atoms with Crippen LogP contribution in [0, 0.1) is 56.7 Å². The molecule has 6 rings (SSSR count). The average Bonchev–Trinajstić information content (AvgIpc) is 3.39. The molecule has 1 saturated heterocycles. The Morgan fingerprint density at radius 3 is 2.15 bits per heavy atom. The molecule has 0 aromatic heterocycles. The molecule has 0 aromatic rings. The molecule has 3 heteroatoms. The summed E-state index contributed by atoms with van der Waals surface area (Å²) in [5, 5.41) is 21.0. The number of ether oxygens (including phenoxy) is 1. The lowest BCUT2D eigenvalue weighted by molar-refractivity contribution is -0.183. The van der Waals surface area contributed by atoms with E-state index in [0.717, 1.165) is 37.2 Å². The minimum atomic E-state index is -0.312. The second-order valence-corrected chi connectivity index (χ2v) is 15.5. The summed E-state index contributed by atoms with van der Waals surface area (Å²) in [5.41, 5.74) is 1.76. The summed E-state index contributed by atoms with van der Waals surface area (Å²) < 4.78 is 6.52. The third-order valence-corrected chi connectivity index (χ3v) is 14.6. The van der Waals surface area contributed by atoms with Crippen molar-refractivity contribution in [2.45, 2.75) is 124 Å². The van der Waals surface area contributed by atoms with Gasteiger partial charge in [-0.15, -0.1) is 0 Å². The molecule has 0 radical (unpaired) electrons. The van der Waals surface area contributed by atoms with Gasteiger partial charge in [0.1, 0.15) is 0 Å². The Morgan fingerprint density at radius 2 is 1.50 bits per heavy atom. The Morgan fingerprint density at radius 1 is 0.794 bits per heavy atom. The topological polar surface area (TPSA) is 49.7 Å². The molecule has 1 heterocycles. The van der Waals surface area contributed by atoms with Gasteiger partial charge in [-0.1, -0.05) is 41.5 Å². The van der Waals surface area contributed by atoms with E-state index in [-0.39, 0.29) is 23.7 Å². The fourth-order valence-corrected chi connectivity index (χ4v) is 12.1. The summed E-state index contributed by atoms with van der Waals surface area (Å²) in [6.07, 6.45) is 14.2. The lowest BCUT2D eigenvalue weighted by Crippen LogP contribution is -2.58. The van der Waals surface area contributed by atoms with E-state index in [9.17, 15) is 10.2 Å². The van der Waals surface area contributed by atoms with Crippen molar-refractivity contribution < 1.29 is 14.9 Å². The fraction of sp³-hybridized carbons (Fsp3) is 1.00. The van der Waals surface area contributed by atoms with E-state index in [1.165, 1.54) is 57.8 Å². The molecule has 0 amide bonds. The molecule has 1 aliphatic heterocycles. The van der Waals surface area contributed by atoms with E-state index in [2.05, 4.69) is 41.5 Å². The predicted molar refractivity (Wildman–Crippen MR) is 136 cm³/mol. The van der Waals surface area contributed by atoms with Crippen molar-refractivity contribution in [1.29, 1.82) is 0 Å². The van der Waals surface area contributed by atoms with Crippen LogP contribution < -0.4 is 0 Å². The molecule has 3 nitrogen and oxygen atoms in total. The number of fused-ring (bicyclic) bond motifs is 2. The van der Waals surface area contributed by atoms with Crippen molar-refractivity contribution >= 4 is 0 Å². The molecule has 34 heavy (non-hydrogen) atoms. The Hall–Kier alpha value is -0.120. The monoisotopic (exact) mass is 472 g/mol. The number of aliphatic hydroxyl groups excluding tert-OH is 2. The first-order chi connectivity index (χ1) is 15.9. The maximum Gasteiger partial charge on any atom is 0.0934 e. The van der Waals surface area contributed by atoms with Crippen LogP contribution in [-0.4, -0.2) is 35.1 Å². The van der Waals surface area contributed by atoms with Crippen LogP contribution in [0.4, 0.5) is 0 Å². The Balaban J connectivity index is 1.25. The van der Waals surface area contributed by atoms with Gasteiger partial charge < -0.3 is 14.9 Å². The van der Waals surface area contributed by atoms with Crippen LogP contribution in [0.3, 0.4) is 0 Å². The Bertz CT molecular complexity index is 827. The second-order valence-electron chi connectivity index (χ2n) is 15.5. The van der Waals surface area contributed by atoms with Gasteiger partial charge in [0.25, 0.3) is 0 Å². The molecular weight excluding hydrogens is 420 g/mol. The van der Waals surface area contributed by atoms with Gasteiger partial charge in [-0.25, -0.2) is 0 Å². The van der Waals surface area contributed by atoms with Gasteiger partial charge in [-0.2, -0.15) is 0 Å². The predicted octanol–water partition coefficient (Wildman–Crippen LogP) is 6.60. The fourth-order valence-electron chi connectivity index (χ4n) is 12.1. The van der Waals surface area contributed by atoms with Crippen LogP contribution in [0.1, 0.15) is 112 Å². The van der Waals surface area contributed by atoms with Gasteiger partial charge >= 0.3 is 0 Å². The summed E-state index contributed by atoms with van der Waals surface area (Å²) in [6.45, 7) is 15.6. The van der Waals surface area contributed by atoms with Crippen molar-refractivity contribution in [3.8, 4) is 0 Å². The number of rotatable bonds is 3. The Kier molecular flexibility index (Phi) is 5.17. The van der Waals surface area contributed by atoms with E-state index < -0.39 is 0 Å². The highest BCUT2D eigenvalue weighted by Crippen LogP contribution is 2.89. The van der Waals surface area contributed by atoms with Crippen molar-refractivity contribution in [2.75, 3.05) is 13.2 Å². The SMILES string of the molecule is CC(C)C1(CO)CCC([C@H]2CCC3(C)C4CCC5C(C)(C)[C@@H](O)CC[C@@]56C[C@@]46CC[C@]23C)CO1. The lowest BCUT2D eigenvalue weighted by atomic mass is 9.41. The molecule has 2 spiro atoms. The van der Waals surface area contributed by atoms with Gasteiger partial charge in [-0.3, -0.25) is 0 Å². The van der Waals surface area contributed by atoms with Crippen LogP contribution in [0.25, 0.3) is 0 Å². The largest absolute Gasteiger partial charge is 0.393 e. The zero-order valence-corrected chi connectivity index (χ0v) is 23.0. The van der Waals surface area contributed by atoms with Crippen molar-refractivity contribution in [3.63, 3.8) is 0 Å². The zero-order chi connectivity index (χ0) is 24.4. The average molecular weight is 473 g/mol. The molecule has 2 N–H and O–H groups in total. The molecule has 194 valence electrons. The second kappa shape index (κ2) is 7.25. The highest BCUT2D eigenvalue weighted by atomic mass is 16.5. The zero-order valence-electron chi connectivity index (χ0n) is 23.0. The summed E-state index contributed by atoms with van der Waals surface area (Å²) in [4.78, 5) is 0. The minimum absolute atomic E-state index is 0.0850. The molecule has 10 atom stereocenters. The highest BCUT2D eigenvalue weighted by molar-refractivity contribution is 5.30. The van der Waals surface area contributed by atoms with Gasteiger partial charge in [0, 0.05) is 0 Å². The van der Waals surface area contributed by atoms with Crippen molar-refractivity contribution in [3.05, 3.63) is 0 Å². The van der Waals surface area contributed by atoms with Crippen molar-refractivity contribution in [2.24, 2.45) is 56.7 Å². The number of aliphatic hydroxyl groups is 2. The smallest absolute Gasteiger partial charge is 0.0934 e. The molecule has 5 saturated carbocycles. The van der Waals surface area contributed by atoms with Gasteiger partial charge in [0.2, 0.25) is 0 Å². The molecule has 5 unspecified atom stereocenters. The first-order valence-electron chi connectivity index (χ1n) is 14.9. The number of hydrogen-bond acceptors (Lipinski definition) is 3. The van der Waals surface area contributed by atoms with Crippen LogP contribution in [0.5, 0.6) is 0 Å². The lowest BCUT2D eigenvalue weighted by Gasteiger charge is -2.63. The van der Waals surface area contributed by atoms with Crippen LogP contribution >= 0.6 is 0 Å². The summed E-state index contributed by atoms with van der Waals surface area (Å²) in [5.74, 6) is 3.41. The molecule has 0 aromatic carbocycles. The molecule has 5 aliphatic carbocycles. The quantitative estimate of drug-likeness (QED) is 0.486. The molecule has 6 aliphatic rings. The Labute approximate surface area is 208 Å². The first kappa shape index (κ1) is 24.2. The van der Waals surface area contributed by atoms with E-state index in [1.54, 1.807) is 0 Å². The maximum atomic E-state index is 10.9. The summed E-state index contributed by atoms with van der Waals surface area (Å²) in [6, 6.07) is 0.